The molecule has 5 heteroatoms. The van der Waals surface area contributed by atoms with E-state index in [0.29, 0.717) is 0 Å². The molecule has 0 radical (unpaired) electrons. The van der Waals surface area contributed by atoms with Gasteiger partial charge in [0.15, 0.2) is 0 Å². The summed E-state index contributed by atoms with van der Waals surface area (Å²) in [6.07, 6.45) is 1.43. The number of rotatable bonds is 0. The molecule has 0 aromatic carbocycles. The van der Waals surface area contributed by atoms with Crippen LogP contribution in [0.5, 0.6) is 0 Å². The first kappa shape index (κ1) is 9.97. The number of nitrogens with two attached hydrogens (primary N) is 2. The van der Waals surface area contributed by atoms with Gasteiger partial charge in [-0.2, -0.15) is 23.5 Å². The highest BCUT2D eigenvalue weighted by atomic mass is 32.2. The van der Waals surface area contributed by atoms with Gasteiger partial charge in [-0.1, -0.05) is 0 Å². The molecule has 4 N–H and O–H groups in total. The van der Waals surface area contributed by atoms with Gasteiger partial charge in [0.1, 0.15) is 0 Å². The van der Waals surface area contributed by atoms with Crippen molar-refractivity contribution in [3.05, 3.63) is 0 Å². The summed E-state index contributed by atoms with van der Waals surface area (Å²) in [5, 5.41) is 1.33. The Bertz CT molecular complexity index is 80.1. The van der Waals surface area contributed by atoms with Crippen molar-refractivity contribution in [1.29, 1.82) is 0 Å². The van der Waals surface area contributed by atoms with Crippen LogP contribution in [0.4, 0.5) is 4.79 Å². The summed E-state index contributed by atoms with van der Waals surface area (Å²) < 4.78 is 0. The lowest BCUT2D eigenvalue weighted by Crippen LogP contribution is -2.18. The molecule has 0 aromatic rings. The summed E-state index contributed by atoms with van der Waals surface area (Å²) in [6.45, 7) is 0. The number of carbonyl (C=O) groups excluding carboxylic acids is 1. The number of hydrogen-bond acceptors (Lipinski definition) is 3. The average Bonchev–Trinajstić information content (AvgIpc) is 1.90. The van der Waals surface area contributed by atoms with Crippen LogP contribution < -0.4 is 11.5 Å². The van der Waals surface area contributed by atoms with Crippen molar-refractivity contribution in [2.45, 2.75) is 6.42 Å². The summed E-state index contributed by atoms with van der Waals surface area (Å²) in [5.41, 5.74) is 8.50. The molecule has 1 rings (SSSR count). The Morgan fingerprint density at radius 3 is 1.70 bits per heavy atom. The van der Waals surface area contributed by atoms with Crippen molar-refractivity contribution in [1.82, 2.24) is 0 Å². The van der Waals surface area contributed by atoms with E-state index in [1.807, 2.05) is 0 Å². The molecule has 1 heterocycles. The molecule has 2 amide bonds. The van der Waals surface area contributed by atoms with Gasteiger partial charge in [0.05, 0.1) is 0 Å². The lowest BCUT2D eigenvalue weighted by Gasteiger charge is -2.05. The third-order valence-corrected chi connectivity index (χ3v) is 3.23. The van der Waals surface area contributed by atoms with E-state index in [2.05, 4.69) is 35.0 Å². The van der Waals surface area contributed by atoms with Crippen LogP contribution in [-0.2, 0) is 0 Å². The number of carbonyl (C=O) groups is 1. The summed E-state index contributed by atoms with van der Waals surface area (Å²) in [4.78, 5) is 9.00. The Morgan fingerprint density at radius 2 is 1.60 bits per heavy atom. The Kier molecular flexibility index (Phi) is 7.06. The predicted molar refractivity (Wildman–Crippen MR) is 48.2 cm³/mol. The van der Waals surface area contributed by atoms with E-state index in [1.54, 1.807) is 0 Å². The Balaban J connectivity index is 0.000000180. The highest BCUT2D eigenvalue weighted by molar-refractivity contribution is 8.16. The van der Waals surface area contributed by atoms with Crippen LogP contribution in [0.1, 0.15) is 6.42 Å². The zero-order valence-electron chi connectivity index (χ0n) is 5.71. The minimum atomic E-state index is -0.833. The van der Waals surface area contributed by atoms with E-state index in [0.717, 1.165) is 0 Å². The van der Waals surface area contributed by atoms with Crippen LogP contribution >= 0.6 is 23.5 Å². The van der Waals surface area contributed by atoms with Gasteiger partial charge in [-0.15, -0.1) is 0 Å². The van der Waals surface area contributed by atoms with Gasteiger partial charge < -0.3 is 11.5 Å². The van der Waals surface area contributed by atoms with Gasteiger partial charge in [-0.25, -0.2) is 4.79 Å². The molecule has 3 nitrogen and oxygen atoms in total. The molecule has 0 aromatic heterocycles. The largest absolute Gasteiger partial charge is 0.352 e. The maximum Gasteiger partial charge on any atom is 0.309 e. The van der Waals surface area contributed by atoms with E-state index in [9.17, 15) is 0 Å². The minimum Gasteiger partial charge on any atom is -0.352 e. The summed E-state index contributed by atoms with van der Waals surface area (Å²) in [5.74, 6) is 2.79. The molecule has 0 unspecified atom stereocenters. The van der Waals surface area contributed by atoms with Gasteiger partial charge in [0, 0.05) is 5.08 Å². The summed E-state index contributed by atoms with van der Waals surface area (Å²) in [7, 11) is 0. The average molecular weight is 180 g/mol. The SMILES string of the molecule is C1CSCSC1.NC(N)=O. The van der Waals surface area contributed by atoms with Crippen molar-refractivity contribution in [2.24, 2.45) is 11.5 Å². The van der Waals surface area contributed by atoms with E-state index in [-0.39, 0.29) is 0 Å². The van der Waals surface area contributed by atoms with Crippen LogP contribution in [0.15, 0.2) is 0 Å². The number of hydrogen-bond donors (Lipinski definition) is 2. The number of thioether (sulfide) groups is 2. The van der Waals surface area contributed by atoms with Gasteiger partial charge in [-0.05, 0) is 17.9 Å². The zero-order chi connectivity index (χ0) is 7.82. The van der Waals surface area contributed by atoms with Crippen LogP contribution in [0, 0.1) is 0 Å². The highest BCUT2D eigenvalue weighted by Gasteiger charge is 1.95. The fourth-order valence-electron chi connectivity index (χ4n) is 0.440. The molecule has 0 bridgehead atoms. The van der Waals surface area contributed by atoms with Crippen molar-refractivity contribution >= 4 is 29.6 Å². The number of primary amides is 2. The van der Waals surface area contributed by atoms with Crippen molar-refractivity contribution in [3.8, 4) is 0 Å². The standard InChI is InChI=1S/C4H8S2.CH4N2O/c1-2-5-4-6-3-1;2-1(3)4/h1-4H2;(H4,2,3,4). The van der Waals surface area contributed by atoms with Gasteiger partial charge in [0.25, 0.3) is 0 Å². The summed E-state index contributed by atoms with van der Waals surface area (Å²) >= 11 is 4.12. The molecule has 0 spiro atoms. The van der Waals surface area contributed by atoms with Crippen LogP contribution in [-0.4, -0.2) is 22.6 Å². The topological polar surface area (TPSA) is 69.1 Å². The molecular formula is C5H12N2OS2. The molecule has 1 aliphatic rings. The van der Waals surface area contributed by atoms with E-state index in [4.69, 9.17) is 4.79 Å². The third kappa shape index (κ3) is 10.9. The van der Waals surface area contributed by atoms with Gasteiger partial charge in [-0.3, -0.25) is 0 Å². The number of amides is 2. The second-order valence-electron chi connectivity index (χ2n) is 1.69. The predicted octanol–water partition coefficient (Wildman–Crippen LogP) is 0.838. The first-order valence-corrected chi connectivity index (χ1v) is 5.25. The molecule has 60 valence electrons. The van der Waals surface area contributed by atoms with E-state index in [1.165, 1.54) is 23.0 Å². The first-order valence-electron chi connectivity index (χ1n) is 2.94. The smallest absolute Gasteiger partial charge is 0.309 e. The van der Waals surface area contributed by atoms with Crippen LogP contribution in [0.3, 0.4) is 0 Å². The Hall–Kier alpha value is -0.0300. The molecule has 1 aliphatic heterocycles. The quantitative estimate of drug-likeness (QED) is 0.580. The molecule has 1 saturated heterocycles. The molecule has 0 saturated carbocycles. The van der Waals surface area contributed by atoms with E-state index < -0.39 is 6.03 Å². The van der Waals surface area contributed by atoms with Gasteiger partial charge >= 0.3 is 6.03 Å². The Labute approximate surface area is 69.3 Å². The third-order valence-electron chi connectivity index (χ3n) is 0.744. The molecular weight excluding hydrogens is 168 g/mol. The minimum absolute atomic E-state index is 0.833. The molecule has 0 aliphatic carbocycles. The van der Waals surface area contributed by atoms with Crippen molar-refractivity contribution in [3.63, 3.8) is 0 Å². The highest BCUT2D eigenvalue weighted by Crippen LogP contribution is 2.19. The molecule has 1 fully saturated rings. The maximum absolute atomic E-state index is 9.00. The fourth-order valence-corrected chi connectivity index (χ4v) is 2.73. The van der Waals surface area contributed by atoms with Crippen LogP contribution in [0.2, 0.25) is 0 Å². The van der Waals surface area contributed by atoms with Crippen molar-refractivity contribution in [2.75, 3.05) is 16.6 Å². The Morgan fingerprint density at radius 1 is 1.20 bits per heavy atom. The molecule has 0 atom stereocenters. The zero-order valence-corrected chi connectivity index (χ0v) is 7.34. The van der Waals surface area contributed by atoms with Gasteiger partial charge in [0.2, 0.25) is 0 Å². The second-order valence-corrected chi connectivity index (χ2v) is 4.27. The van der Waals surface area contributed by atoms with E-state index >= 15 is 0 Å². The number of urea groups is 1. The van der Waals surface area contributed by atoms with Crippen LogP contribution in [0.25, 0.3) is 0 Å². The fraction of sp³-hybridized carbons (Fsp3) is 0.800. The lowest BCUT2D eigenvalue weighted by atomic mass is 10.6. The first-order chi connectivity index (χ1) is 4.73. The van der Waals surface area contributed by atoms with Crippen molar-refractivity contribution < 1.29 is 4.79 Å². The normalized spacial score (nSPS) is 16.8. The maximum atomic E-state index is 9.00. The molecule has 10 heavy (non-hydrogen) atoms. The second kappa shape index (κ2) is 7.08. The summed E-state index contributed by atoms with van der Waals surface area (Å²) in [6, 6.07) is -0.833. The lowest BCUT2D eigenvalue weighted by molar-refractivity contribution is 0.256. The monoisotopic (exact) mass is 180 g/mol.